The van der Waals surface area contributed by atoms with E-state index in [9.17, 15) is 9.90 Å². The molecule has 3 fully saturated rings. The van der Waals surface area contributed by atoms with Crippen LogP contribution in [0.5, 0.6) is 0 Å². The molecule has 3 saturated heterocycles. The van der Waals surface area contributed by atoms with E-state index >= 15 is 0 Å². The minimum Gasteiger partial charge on any atom is -0.396 e. The molecule has 2 N–H and O–H groups in total. The van der Waals surface area contributed by atoms with Crippen LogP contribution in [0.25, 0.3) is 0 Å². The third-order valence-corrected chi connectivity index (χ3v) is 5.89. The number of carbonyl (C=O) groups excluding carboxylic acids is 1. The minimum absolute atomic E-state index is 0.0320. The largest absolute Gasteiger partial charge is 0.396 e. The van der Waals surface area contributed by atoms with Gasteiger partial charge in [-0.3, -0.25) is 14.6 Å². The summed E-state index contributed by atoms with van der Waals surface area (Å²) in [7, 11) is 0. The number of hydrogen-bond acceptors (Lipinski definition) is 5. The Hall–Kier alpha value is -1.47. The van der Waals surface area contributed by atoms with Crippen LogP contribution in [-0.2, 0) is 11.3 Å². The van der Waals surface area contributed by atoms with E-state index in [1.165, 1.54) is 5.56 Å². The Morgan fingerprint density at radius 2 is 1.92 bits per heavy atom. The molecule has 1 aromatic carbocycles. The number of benzene rings is 1. The van der Waals surface area contributed by atoms with Gasteiger partial charge in [0.25, 0.3) is 0 Å². The van der Waals surface area contributed by atoms with E-state index in [1.807, 2.05) is 11.0 Å². The van der Waals surface area contributed by atoms with Crippen LogP contribution < -0.4 is 0 Å². The van der Waals surface area contributed by atoms with Crippen molar-refractivity contribution < 1.29 is 15.0 Å². The average molecular weight is 345 g/mol. The first-order valence-electron chi connectivity index (χ1n) is 9.19. The predicted octanol–water partition coefficient (Wildman–Crippen LogP) is -0.0992. The lowest BCUT2D eigenvalue weighted by molar-refractivity contribution is -0.157. The van der Waals surface area contributed by atoms with Crippen molar-refractivity contribution >= 4 is 5.91 Å². The molecule has 0 bridgehead atoms. The maximum Gasteiger partial charge on any atom is 0.225 e. The van der Waals surface area contributed by atoms with E-state index in [-0.39, 0.29) is 30.6 Å². The number of fused-ring (bicyclic) bond motifs is 2. The molecule has 0 saturated carbocycles. The van der Waals surface area contributed by atoms with E-state index in [2.05, 4.69) is 34.1 Å². The molecule has 6 nitrogen and oxygen atoms in total. The van der Waals surface area contributed by atoms with Gasteiger partial charge in [0.2, 0.25) is 5.91 Å². The zero-order valence-electron chi connectivity index (χ0n) is 14.5. The molecule has 1 aromatic rings. The molecule has 0 aliphatic carbocycles. The second-order valence-electron chi connectivity index (χ2n) is 7.80. The average Bonchev–Trinajstić information content (AvgIpc) is 2.93. The van der Waals surface area contributed by atoms with E-state index in [1.54, 1.807) is 0 Å². The molecule has 6 heteroatoms. The van der Waals surface area contributed by atoms with Gasteiger partial charge in [0.15, 0.2) is 0 Å². The molecule has 2 atom stereocenters. The van der Waals surface area contributed by atoms with Crippen molar-refractivity contribution in [1.82, 2.24) is 14.7 Å². The predicted molar refractivity (Wildman–Crippen MR) is 93.9 cm³/mol. The van der Waals surface area contributed by atoms with E-state index in [0.29, 0.717) is 25.7 Å². The van der Waals surface area contributed by atoms with Crippen molar-refractivity contribution in [2.45, 2.75) is 37.1 Å². The molecule has 0 radical (unpaired) electrons. The first kappa shape index (κ1) is 17.0. The van der Waals surface area contributed by atoms with Crippen LogP contribution in [0, 0.1) is 0 Å². The second kappa shape index (κ2) is 6.68. The molecule has 3 aliphatic rings. The number of carbonyl (C=O) groups is 1. The van der Waals surface area contributed by atoms with Gasteiger partial charge in [-0.05, 0) is 12.0 Å². The zero-order chi connectivity index (χ0) is 17.4. The molecule has 4 rings (SSSR count). The van der Waals surface area contributed by atoms with Crippen LogP contribution in [0.4, 0.5) is 0 Å². The molecule has 0 aromatic heterocycles. The number of aliphatic hydroxyl groups excluding tert-OH is 2. The SMILES string of the molecule is O=C(CCO)N1CC2(CN(Cc3ccccc3)CC3CC(O)CN32)C1. The van der Waals surface area contributed by atoms with Gasteiger partial charge in [0, 0.05) is 51.7 Å². The topological polar surface area (TPSA) is 67.2 Å². The lowest BCUT2D eigenvalue weighted by atomic mass is 9.83. The van der Waals surface area contributed by atoms with Crippen LogP contribution in [0.3, 0.4) is 0 Å². The summed E-state index contributed by atoms with van der Waals surface area (Å²) in [5.41, 5.74) is 1.26. The fourth-order valence-electron chi connectivity index (χ4n) is 4.85. The van der Waals surface area contributed by atoms with Gasteiger partial charge in [-0.2, -0.15) is 0 Å². The Morgan fingerprint density at radius 3 is 2.64 bits per heavy atom. The maximum absolute atomic E-state index is 12.1. The standard InChI is InChI=1S/C19H27N3O3/c23-7-6-18(25)21-13-19(14-21)12-20(9-15-4-2-1-3-5-15)10-16-8-17(24)11-22(16)19/h1-5,16-17,23-24H,6-14H2. The number of aliphatic hydroxyl groups is 2. The number of hydrogen-bond donors (Lipinski definition) is 2. The summed E-state index contributed by atoms with van der Waals surface area (Å²) in [6.45, 7) is 4.85. The third kappa shape index (κ3) is 3.19. The van der Waals surface area contributed by atoms with Crippen molar-refractivity contribution in [2.75, 3.05) is 39.3 Å². The lowest BCUT2D eigenvalue weighted by Crippen LogP contribution is -2.78. The van der Waals surface area contributed by atoms with Crippen molar-refractivity contribution in [3.63, 3.8) is 0 Å². The van der Waals surface area contributed by atoms with Gasteiger partial charge < -0.3 is 15.1 Å². The molecule has 2 unspecified atom stereocenters. The summed E-state index contributed by atoms with van der Waals surface area (Å²) in [5, 5.41) is 19.2. The summed E-state index contributed by atoms with van der Waals surface area (Å²) in [5.74, 6) is 0.0320. The fraction of sp³-hybridized carbons (Fsp3) is 0.632. The Labute approximate surface area is 148 Å². The van der Waals surface area contributed by atoms with Gasteiger partial charge in [0.05, 0.1) is 18.2 Å². The van der Waals surface area contributed by atoms with Gasteiger partial charge in [0.1, 0.15) is 0 Å². The molecule has 1 amide bonds. The highest BCUT2D eigenvalue weighted by Crippen LogP contribution is 2.39. The molecular formula is C19H27N3O3. The Bertz CT molecular complexity index is 618. The second-order valence-corrected chi connectivity index (χ2v) is 7.80. The van der Waals surface area contributed by atoms with Crippen LogP contribution in [0.15, 0.2) is 30.3 Å². The first-order chi connectivity index (χ1) is 12.1. The van der Waals surface area contributed by atoms with Crippen molar-refractivity contribution in [3.8, 4) is 0 Å². The number of nitrogens with zero attached hydrogens (tertiary/aromatic N) is 3. The van der Waals surface area contributed by atoms with E-state index in [4.69, 9.17) is 5.11 Å². The van der Waals surface area contributed by atoms with Gasteiger partial charge in [-0.1, -0.05) is 30.3 Å². The summed E-state index contributed by atoms with van der Waals surface area (Å²) < 4.78 is 0. The monoisotopic (exact) mass is 345 g/mol. The number of β-amino-alcohol motifs (C(OH)–C–C–N with tert-alkyl or cyclic N) is 1. The Morgan fingerprint density at radius 1 is 1.16 bits per heavy atom. The van der Waals surface area contributed by atoms with Crippen LogP contribution in [0.2, 0.25) is 0 Å². The molecule has 3 aliphatic heterocycles. The Kier molecular flexibility index (Phi) is 4.54. The van der Waals surface area contributed by atoms with Crippen molar-refractivity contribution in [2.24, 2.45) is 0 Å². The van der Waals surface area contributed by atoms with Gasteiger partial charge in [-0.25, -0.2) is 0 Å². The molecule has 3 heterocycles. The molecule has 25 heavy (non-hydrogen) atoms. The highest BCUT2D eigenvalue weighted by Gasteiger charge is 2.56. The smallest absolute Gasteiger partial charge is 0.225 e. The van der Waals surface area contributed by atoms with Crippen LogP contribution in [-0.4, -0.2) is 87.8 Å². The summed E-state index contributed by atoms with van der Waals surface area (Å²) in [4.78, 5) is 18.8. The zero-order valence-corrected chi connectivity index (χ0v) is 14.5. The molecule has 136 valence electrons. The van der Waals surface area contributed by atoms with Crippen LogP contribution >= 0.6 is 0 Å². The van der Waals surface area contributed by atoms with Crippen LogP contribution in [0.1, 0.15) is 18.4 Å². The Balaban J connectivity index is 1.48. The van der Waals surface area contributed by atoms with Gasteiger partial charge in [-0.15, -0.1) is 0 Å². The number of rotatable bonds is 4. The minimum atomic E-state index is -0.263. The fourth-order valence-corrected chi connectivity index (χ4v) is 4.85. The van der Waals surface area contributed by atoms with Crippen molar-refractivity contribution in [3.05, 3.63) is 35.9 Å². The van der Waals surface area contributed by atoms with Gasteiger partial charge >= 0.3 is 0 Å². The highest BCUT2D eigenvalue weighted by molar-refractivity contribution is 5.77. The first-order valence-corrected chi connectivity index (χ1v) is 9.19. The lowest BCUT2D eigenvalue weighted by Gasteiger charge is -2.61. The molecule has 1 spiro atoms. The number of piperazine rings is 1. The molecular weight excluding hydrogens is 318 g/mol. The number of likely N-dealkylation sites (tertiary alicyclic amines) is 1. The van der Waals surface area contributed by atoms with E-state index < -0.39 is 0 Å². The summed E-state index contributed by atoms with van der Waals surface area (Å²) in [6, 6.07) is 10.8. The maximum atomic E-state index is 12.1. The highest BCUT2D eigenvalue weighted by atomic mass is 16.3. The summed E-state index contributed by atoms with van der Waals surface area (Å²) >= 11 is 0. The van der Waals surface area contributed by atoms with E-state index in [0.717, 1.165) is 26.1 Å². The third-order valence-electron chi connectivity index (χ3n) is 5.89. The van der Waals surface area contributed by atoms with Crippen molar-refractivity contribution in [1.29, 1.82) is 0 Å². The number of amides is 1. The normalized spacial score (nSPS) is 28.8. The summed E-state index contributed by atoms with van der Waals surface area (Å²) in [6.07, 6.45) is 0.758. The quantitative estimate of drug-likeness (QED) is 0.798.